The average molecular weight is 347 g/mol. The fourth-order valence-corrected chi connectivity index (χ4v) is 2.91. The number of hydrazone groups is 1. The highest BCUT2D eigenvalue weighted by atomic mass is 32.2. The quantitative estimate of drug-likeness (QED) is 0.553. The molecule has 1 N–H and O–H groups in total. The maximum absolute atomic E-state index is 11.9. The molecule has 1 amide bonds. The molecule has 4 nitrogen and oxygen atoms in total. The van der Waals surface area contributed by atoms with Gasteiger partial charge in [0, 0.05) is 27.7 Å². The highest BCUT2D eigenvalue weighted by molar-refractivity contribution is 7.99. The van der Waals surface area contributed by atoms with Crippen molar-refractivity contribution in [3.05, 3.63) is 89.7 Å². The lowest BCUT2D eigenvalue weighted by atomic mass is 10.2. The highest BCUT2D eigenvalue weighted by Gasteiger charge is 2.02. The third-order valence-corrected chi connectivity index (χ3v) is 4.47. The van der Waals surface area contributed by atoms with Crippen LogP contribution in [0, 0.1) is 6.92 Å². The molecular formula is C20H17N3OS. The van der Waals surface area contributed by atoms with Gasteiger partial charge < -0.3 is 0 Å². The molecular weight excluding hydrogens is 330 g/mol. The summed E-state index contributed by atoms with van der Waals surface area (Å²) in [4.78, 5) is 18.1. The number of pyridine rings is 1. The van der Waals surface area contributed by atoms with E-state index in [9.17, 15) is 4.79 Å². The number of nitrogens with one attached hydrogen (secondary N) is 1. The van der Waals surface area contributed by atoms with E-state index < -0.39 is 0 Å². The van der Waals surface area contributed by atoms with E-state index in [1.54, 1.807) is 42.5 Å². The molecule has 0 atom stereocenters. The zero-order chi connectivity index (χ0) is 17.5. The summed E-state index contributed by atoms with van der Waals surface area (Å²) in [5.74, 6) is -0.259. The van der Waals surface area contributed by atoms with E-state index in [1.165, 1.54) is 10.5 Å². The number of nitrogens with zero attached hydrogens (tertiary/aromatic N) is 2. The molecule has 3 rings (SSSR count). The molecule has 0 aliphatic rings. The van der Waals surface area contributed by atoms with Gasteiger partial charge in [-0.3, -0.25) is 9.78 Å². The van der Waals surface area contributed by atoms with Crippen LogP contribution in [0.15, 0.2) is 87.9 Å². The second-order valence-electron chi connectivity index (χ2n) is 5.42. The largest absolute Gasteiger partial charge is 0.271 e. The fourth-order valence-electron chi connectivity index (χ4n) is 2.10. The molecule has 0 unspecified atom stereocenters. The second-order valence-corrected chi connectivity index (χ2v) is 6.57. The van der Waals surface area contributed by atoms with Gasteiger partial charge in [-0.05, 0) is 48.9 Å². The Hall–Kier alpha value is -2.92. The fraction of sp³-hybridized carbons (Fsp3) is 0.0500. The van der Waals surface area contributed by atoms with Gasteiger partial charge in [0.1, 0.15) is 0 Å². The van der Waals surface area contributed by atoms with Crippen molar-refractivity contribution in [2.75, 3.05) is 0 Å². The molecule has 124 valence electrons. The average Bonchev–Trinajstić information content (AvgIpc) is 2.66. The lowest BCUT2D eigenvalue weighted by molar-refractivity contribution is 0.0955. The molecule has 1 heterocycles. The van der Waals surface area contributed by atoms with Gasteiger partial charge in [-0.25, -0.2) is 5.43 Å². The van der Waals surface area contributed by atoms with Crippen LogP contribution < -0.4 is 5.43 Å². The Kier molecular flexibility index (Phi) is 5.59. The van der Waals surface area contributed by atoms with Crippen molar-refractivity contribution in [1.82, 2.24) is 10.4 Å². The van der Waals surface area contributed by atoms with Crippen molar-refractivity contribution in [2.45, 2.75) is 16.7 Å². The Morgan fingerprint density at radius 1 is 0.960 bits per heavy atom. The molecule has 0 saturated carbocycles. The van der Waals surface area contributed by atoms with Crippen molar-refractivity contribution in [2.24, 2.45) is 5.10 Å². The molecule has 1 aromatic heterocycles. The summed E-state index contributed by atoms with van der Waals surface area (Å²) in [6.45, 7) is 2.08. The zero-order valence-electron chi connectivity index (χ0n) is 13.7. The van der Waals surface area contributed by atoms with Crippen LogP contribution in [0.25, 0.3) is 0 Å². The summed E-state index contributed by atoms with van der Waals surface area (Å²) >= 11 is 1.71. The SMILES string of the molecule is Cc1ccc(Sc2ccc(/C=N\NC(=O)c3ccncc3)cc2)cc1. The van der Waals surface area contributed by atoms with E-state index in [0.29, 0.717) is 5.56 Å². The number of aryl methyl sites for hydroxylation is 1. The maximum atomic E-state index is 11.9. The van der Waals surface area contributed by atoms with E-state index in [-0.39, 0.29) is 5.91 Å². The van der Waals surface area contributed by atoms with Crippen LogP contribution in [-0.4, -0.2) is 17.1 Å². The number of amides is 1. The molecule has 2 aromatic carbocycles. The minimum Gasteiger partial charge on any atom is -0.267 e. The van der Waals surface area contributed by atoms with Crippen LogP contribution in [0.5, 0.6) is 0 Å². The van der Waals surface area contributed by atoms with E-state index in [0.717, 1.165) is 10.5 Å². The van der Waals surface area contributed by atoms with Crippen LogP contribution in [0.3, 0.4) is 0 Å². The topological polar surface area (TPSA) is 54.4 Å². The Balaban J connectivity index is 1.57. The van der Waals surface area contributed by atoms with E-state index >= 15 is 0 Å². The Morgan fingerprint density at radius 2 is 1.56 bits per heavy atom. The van der Waals surface area contributed by atoms with Crippen LogP contribution in [0.4, 0.5) is 0 Å². The lowest BCUT2D eigenvalue weighted by Gasteiger charge is -2.03. The van der Waals surface area contributed by atoms with Gasteiger partial charge in [0.15, 0.2) is 0 Å². The Morgan fingerprint density at radius 3 is 2.20 bits per heavy atom. The van der Waals surface area contributed by atoms with Gasteiger partial charge in [0.2, 0.25) is 0 Å². The Bertz CT molecular complexity index is 860. The van der Waals surface area contributed by atoms with Gasteiger partial charge in [-0.1, -0.05) is 41.6 Å². The van der Waals surface area contributed by atoms with Crippen molar-refractivity contribution in [3.8, 4) is 0 Å². The van der Waals surface area contributed by atoms with Crippen molar-refractivity contribution in [3.63, 3.8) is 0 Å². The first-order valence-electron chi connectivity index (χ1n) is 7.79. The lowest BCUT2D eigenvalue weighted by Crippen LogP contribution is -2.17. The monoisotopic (exact) mass is 347 g/mol. The van der Waals surface area contributed by atoms with Gasteiger partial charge >= 0.3 is 0 Å². The number of aromatic nitrogens is 1. The molecule has 0 fully saturated rings. The number of carbonyl (C=O) groups is 1. The van der Waals surface area contributed by atoms with E-state index in [2.05, 4.69) is 46.7 Å². The number of hydrogen-bond donors (Lipinski definition) is 1. The van der Waals surface area contributed by atoms with Crippen LogP contribution in [0.2, 0.25) is 0 Å². The molecule has 0 radical (unpaired) electrons. The van der Waals surface area contributed by atoms with Crippen molar-refractivity contribution < 1.29 is 4.79 Å². The molecule has 0 aliphatic carbocycles. The summed E-state index contributed by atoms with van der Waals surface area (Å²) in [6.07, 6.45) is 4.77. The zero-order valence-corrected chi connectivity index (χ0v) is 14.5. The normalized spacial score (nSPS) is 10.8. The summed E-state index contributed by atoms with van der Waals surface area (Å²) in [5.41, 5.74) is 5.20. The van der Waals surface area contributed by atoms with E-state index in [1.807, 2.05) is 24.3 Å². The molecule has 0 saturated heterocycles. The number of carbonyl (C=O) groups excluding carboxylic acids is 1. The number of hydrogen-bond acceptors (Lipinski definition) is 4. The van der Waals surface area contributed by atoms with Crippen LogP contribution >= 0.6 is 11.8 Å². The first-order valence-corrected chi connectivity index (χ1v) is 8.60. The Labute approximate surface area is 151 Å². The minimum absolute atomic E-state index is 0.259. The third kappa shape index (κ3) is 5.02. The maximum Gasteiger partial charge on any atom is 0.271 e. The van der Waals surface area contributed by atoms with Gasteiger partial charge in [-0.2, -0.15) is 5.10 Å². The molecule has 0 spiro atoms. The first-order chi connectivity index (χ1) is 12.2. The van der Waals surface area contributed by atoms with Gasteiger partial charge in [-0.15, -0.1) is 0 Å². The molecule has 3 aromatic rings. The summed E-state index contributed by atoms with van der Waals surface area (Å²) in [6, 6.07) is 19.7. The van der Waals surface area contributed by atoms with Gasteiger partial charge in [0.05, 0.1) is 6.21 Å². The van der Waals surface area contributed by atoms with Gasteiger partial charge in [0.25, 0.3) is 5.91 Å². The third-order valence-electron chi connectivity index (χ3n) is 3.46. The molecule has 0 bridgehead atoms. The minimum atomic E-state index is -0.259. The smallest absolute Gasteiger partial charge is 0.267 e. The standard InChI is InChI=1S/C20H17N3OS/c1-15-2-6-18(7-3-15)25-19-8-4-16(5-9-19)14-22-23-20(24)17-10-12-21-13-11-17/h2-14H,1H3,(H,23,24)/b22-14-. The molecule has 5 heteroatoms. The predicted octanol–water partition coefficient (Wildman–Crippen LogP) is 4.31. The highest BCUT2D eigenvalue weighted by Crippen LogP contribution is 2.27. The van der Waals surface area contributed by atoms with Crippen molar-refractivity contribution >= 4 is 23.9 Å². The van der Waals surface area contributed by atoms with Crippen LogP contribution in [-0.2, 0) is 0 Å². The summed E-state index contributed by atoms with van der Waals surface area (Å²) in [5, 5.41) is 3.99. The second kappa shape index (κ2) is 8.26. The van der Waals surface area contributed by atoms with Crippen LogP contribution in [0.1, 0.15) is 21.5 Å². The first kappa shape index (κ1) is 16.9. The number of rotatable bonds is 5. The van der Waals surface area contributed by atoms with Crippen molar-refractivity contribution in [1.29, 1.82) is 0 Å². The van der Waals surface area contributed by atoms with E-state index in [4.69, 9.17) is 0 Å². The summed E-state index contributed by atoms with van der Waals surface area (Å²) < 4.78 is 0. The predicted molar refractivity (Wildman–Crippen MR) is 101 cm³/mol. The molecule has 0 aliphatic heterocycles. The summed E-state index contributed by atoms with van der Waals surface area (Å²) in [7, 11) is 0. The molecule has 25 heavy (non-hydrogen) atoms. The number of benzene rings is 2.